The number of hydrogen-bond acceptors (Lipinski definition) is 5. The molecule has 0 unspecified atom stereocenters. The first-order valence-corrected chi connectivity index (χ1v) is 6.39. The number of likely N-dealkylation sites (tertiary alicyclic amines) is 1. The molecular formula is C13H20ClN3O3. The van der Waals surface area contributed by atoms with Crippen LogP contribution >= 0.6 is 12.4 Å². The molecule has 0 amide bonds. The molecule has 0 aromatic heterocycles. The van der Waals surface area contributed by atoms with E-state index in [9.17, 15) is 10.1 Å². The van der Waals surface area contributed by atoms with Gasteiger partial charge in [-0.15, -0.1) is 12.4 Å². The Labute approximate surface area is 124 Å². The van der Waals surface area contributed by atoms with Crippen molar-refractivity contribution < 1.29 is 9.66 Å². The number of rotatable bonds is 4. The van der Waals surface area contributed by atoms with Crippen molar-refractivity contribution in [2.45, 2.75) is 25.4 Å². The molecular weight excluding hydrogens is 282 g/mol. The molecule has 2 N–H and O–H groups in total. The highest BCUT2D eigenvalue weighted by molar-refractivity contribution is 5.85. The summed E-state index contributed by atoms with van der Waals surface area (Å²) in [7, 11) is 1.58. The molecule has 0 atom stereocenters. The number of nitrogens with two attached hydrogens (primary N) is 1. The minimum atomic E-state index is -0.380. The van der Waals surface area contributed by atoms with E-state index < -0.39 is 0 Å². The van der Waals surface area contributed by atoms with Crippen molar-refractivity contribution in [2.75, 3.05) is 20.2 Å². The van der Waals surface area contributed by atoms with Gasteiger partial charge in [-0.05, 0) is 32.0 Å². The first-order valence-electron chi connectivity index (χ1n) is 6.39. The van der Waals surface area contributed by atoms with E-state index in [0.717, 1.165) is 31.5 Å². The van der Waals surface area contributed by atoms with Gasteiger partial charge in [0.25, 0.3) is 5.69 Å². The van der Waals surface area contributed by atoms with Gasteiger partial charge in [0, 0.05) is 30.3 Å². The third-order valence-corrected chi connectivity index (χ3v) is 3.50. The Morgan fingerprint density at radius 1 is 1.45 bits per heavy atom. The number of ether oxygens (including phenoxy) is 1. The van der Waals surface area contributed by atoms with E-state index in [2.05, 4.69) is 4.90 Å². The topological polar surface area (TPSA) is 81.6 Å². The molecule has 0 aliphatic carbocycles. The number of hydrogen-bond donors (Lipinski definition) is 1. The van der Waals surface area contributed by atoms with Gasteiger partial charge in [0.1, 0.15) is 5.75 Å². The van der Waals surface area contributed by atoms with E-state index in [4.69, 9.17) is 10.5 Å². The Kier molecular flexibility index (Phi) is 6.19. The smallest absolute Gasteiger partial charge is 0.270 e. The molecule has 1 aliphatic rings. The fourth-order valence-electron chi connectivity index (χ4n) is 2.35. The third-order valence-electron chi connectivity index (χ3n) is 3.50. The van der Waals surface area contributed by atoms with Crippen molar-refractivity contribution in [2.24, 2.45) is 5.73 Å². The van der Waals surface area contributed by atoms with Crippen LogP contribution in [0.15, 0.2) is 18.2 Å². The number of halogens is 1. The maximum atomic E-state index is 10.8. The van der Waals surface area contributed by atoms with Crippen LogP contribution < -0.4 is 10.5 Å². The molecule has 1 fully saturated rings. The van der Waals surface area contributed by atoms with Crippen LogP contribution in [0.2, 0.25) is 0 Å². The highest BCUT2D eigenvalue weighted by Gasteiger charge is 2.19. The fourth-order valence-corrected chi connectivity index (χ4v) is 2.35. The summed E-state index contributed by atoms with van der Waals surface area (Å²) in [6.45, 7) is 2.51. The van der Waals surface area contributed by atoms with Crippen molar-refractivity contribution in [1.82, 2.24) is 4.90 Å². The van der Waals surface area contributed by atoms with E-state index in [1.165, 1.54) is 6.07 Å². The number of methoxy groups -OCH3 is 1. The summed E-state index contributed by atoms with van der Waals surface area (Å²) >= 11 is 0. The van der Waals surface area contributed by atoms with Gasteiger partial charge in [0.05, 0.1) is 12.0 Å². The number of benzene rings is 1. The molecule has 0 saturated carbocycles. The Bertz CT molecular complexity index is 462. The molecule has 1 aromatic carbocycles. The molecule has 0 radical (unpaired) electrons. The van der Waals surface area contributed by atoms with Crippen LogP contribution in [0.3, 0.4) is 0 Å². The molecule has 2 rings (SSSR count). The van der Waals surface area contributed by atoms with Crippen LogP contribution in [0, 0.1) is 10.1 Å². The predicted octanol–water partition coefficient (Wildman–Crippen LogP) is 1.95. The van der Waals surface area contributed by atoms with E-state index >= 15 is 0 Å². The van der Waals surface area contributed by atoms with E-state index in [0.29, 0.717) is 12.3 Å². The largest absolute Gasteiger partial charge is 0.496 e. The molecule has 20 heavy (non-hydrogen) atoms. The highest BCUT2D eigenvalue weighted by Crippen LogP contribution is 2.26. The Morgan fingerprint density at radius 2 is 2.10 bits per heavy atom. The van der Waals surface area contributed by atoms with Gasteiger partial charge in [0.2, 0.25) is 0 Å². The van der Waals surface area contributed by atoms with Crippen molar-refractivity contribution in [1.29, 1.82) is 0 Å². The van der Waals surface area contributed by atoms with E-state index in [1.807, 2.05) is 0 Å². The summed E-state index contributed by atoms with van der Waals surface area (Å²) < 4.78 is 5.27. The van der Waals surface area contributed by atoms with Gasteiger partial charge < -0.3 is 10.5 Å². The molecule has 112 valence electrons. The zero-order valence-corrected chi connectivity index (χ0v) is 12.3. The van der Waals surface area contributed by atoms with Gasteiger partial charge >= 0.3 is 0 Å². The van der Waals surface area contributed by atoms with Crippen LogP contribution in [0.1, 0.15) is 18.4 Å². The quantitative estimate of drug-likeness (QED) is 0.679. The van der Waals surface area contributed by atoms with E-state index in [-0.39, 0.29) is 29.1 Å². The molecule has 1 heterocycles. The second-order valence-corrected chi connectivity index (χ2v) is 4.87. The number of nitrogens with zero attached hydrogens (tertiary/aromatic N) is 2. The number of nitro groups is 1. The lowest BCUT2D eigenvalue weighted by Crippen LogP contribution is -2.39. The number of piperidine rings is 1. The van der Waals surface area contributed by atoms with Crippen LogP contribution in [0.25, 0.3) is 0 Å². The number of non-ortho nitro benzene ring substituents is 1. The molecule has 1 saturated heterocycles. The van der Waals surface area contributed by atoms with Crippen LogP contribution in [0.5, 0.6) is 5.75 Å². The normalized spacial score (nSPS) is 16.5. The molecule has 0 bridgehead atoms. The molecule has 7 heteroatoms. The van der Waals surface area contributed by atoms with Crippen molar-refractivity contribution in [3.05, 3.63) is 33.9 Å². The minimum absolute atomic E-state index is 0. The predicted molar refractivity (Wildman–Crippen MR) is 79.4 cm³/mol. The standard InChI is InChI=1S/C13H19N3O3.ClH/c1-19-13-3-2-12(16(17)18)8-10(13)9-15-6-4-11(14)5-7-15;/h2-3,8,11H,4-7,9,14H2,1H3;1H. The SMILES string of the molecule is COc1ccc([N+](=O)[O-])cc1CN1CCC(N)CC1.Cl. The van der Waals surface area contributed by atoms with E-state index in [1.54, 1.807) is 19.2 Å². The highest BCUT2D eigenvalue weighted by atomic mass is 35.5. The Balaban J connectivity index is 0.00000200. The lowest BCUT2D eigenvalue weighted by molar-refractivity contribution is -0.385. The second kappa shape index (κ2) is 7.42. The van der Waals surface area contributed by atoms with Crippen LogP contribution in [-0.4, -0.2) is 36.1 Å². The molecule has 6 nitrogen and oxygen atoms in total. The average Bonchev–Trinajstić information content (AvgIpc) is 2.41. The summed E-state index contributed by atoms with van der Waals surface area (Å²) in [4.78, 5) is 12.7. The Hall–Kier alpha value is -1.37. The summed E-state index contributed by atoms with van der Waals surface area (Å²) in [6, 6.07) is 4.99. The maximum Gasteiger partial charge on any atom is 0.270 e. The van der Waals surface area contributed by atoms with Gasteiger partial charge in [0.15, 0.2) is 0 Å². The second-order valence-electron chi connectivity index (χ2n) is 4.87. The minimum Gasteiger partial charge on any atom is -0.496 e. The molecule has 0 spiro atoms. The zero-order chi connectivity index (χ0) is 13.8. The van der Waals surface area contributed by atoms with Gasteiger partial charge in [-0.2, -0.15) is 0 Å². The molecule has 1 aliphatic heterocycles. The Morgan fingerprint density at radius 3 is 2.65 bits per heavy atom. The summed E-state index contributed by atoms with van der Waals surface area (Å²) in [6.07, 6.45) is 1.94. The van der Waals surface area contributed by atoms with Crippen molar-refractivity contribution in [3.8, 4) is 5.75 Å². The third kappa shape index (κ3) is 4.06. The van der Waals surface area contributed by atoms with Gasteiger partial charge in [-0.3, -0.25) is 15.0 Å². The first kappa shape index (κ1) is 16.7. The number of nitro benzene ring substituents is 1. The van der Waals surface area contributed by atoms with Crippen LogP contribution in [-0.2, 0) is 6.54 Å². The first-order chi connectivity index (χ1) is 9.10. The fraction of sp³-hybridized carbons (Fsp3) is 0.538. The zero-order valence-electron chi connectivity index (χ0n) is 11.4. The summed E-state index contributed by atoms with van der Waals surface area (Å²) in [5.74, 6) is 0.695. The monoisotopic (exact) mass is 301 g/mol. The van der Waals surface area contributed by atoms with Crippen molar-refractivity contribution in [3.63, 3.8) is 0 Å². The maximum absolute atomic E-state index is 10.8. The van der Waals surface area contributed by atoms with Gasteiger partial charge in [-0.25, -0.2) is 0 Å². The lowest BCUT2D eigenvalue weighted by atomic mass is 10.0. The lowest BCUT2D eigenvalue weighted by Gasteiger charge is -2.30. The van der Waals surface area contributed by atoms with Gasteiger partial charge in [-0.1, -0.05) is 0 Å². The van der Waals surface area contributed by atoms with Crippen molar-refractivity contribution >= 4 is 18.1 Å². The summed E-state index contributed by atoms with van der Waals surface area (Å²) in [5, 5.41) is 10.8. The average molecular weight is 302 g/mol. The summed E-state index contributed by atoms with van der Waals surface area (Å²) in [5.41, 5.74) is 6.82. The molecule has 1 aromatic rings. The van der Waals surface area contributed by atoms with Crippen LogP contribution in [0.4, 0.5) is 5.69 Å².